The third-order valence-electron chi connectivity index (χ3n) is 3.11. The Kier molecular flexibility index (Phi) is 4.65. The quantitative estimate of drug-likeness (QED) is 0.847. The maximum absolute atomic E-state index is 13.7. The molecule has 0 radical (unpaired) electrons. The number of methoxy groups -OCH3 is 1. The Hall–Kier alpha value is -2.15. The van der Waals surface area contributed by atoms with Gasteiger partial charge in [-0.25, -0.2) is 17.2 Å². The molecule has 0 saturated carbocycles. The summed E-state index contributed by atoms with van der Waals surface area (Å²) < 4.78 is 57.8. The Morgan fingerprint density at radius 3 is 2.23 bits per heavy atom. The Bertz CT molecular complexity index is 761. The van der Waals surface area contributed by atoms with Crippen LogP contribution < -0.4 is 9.04 Å². The molecule has 118 valence electrons. The first-order valence-corrected chi connectivity index (χ1v) is 7.96. The molecule has 22 heavy (non-hydrogen) atoms. The summed E-state index contributed by atoms with van der Waals surface area (Å²) in [6, 6.07) is 8.47. The molecule has 0 bridgehead atoms. The second kappa shape index (κ2) is 6.31. The summed E-state index contributed by atoms with van der Waals surface area (Å²) in [5.41, 5.74) is 0.306. The zero-order valence-electron chi connectivity index (χ0n) is 12.1. The topological polar surface area (TPSA) is 46.6 Å². The maximum atomic E-state index is 13.7. The number of rotatable bonds is 5. The van der Waals surface area contributed by atoms with Crippen LogP contribution in [0.3, 0.4) is 0 Å². The maximum Gasteiger partial charge on any atom is 0.264 e. The summed E-state index contributed by atoms with van der Waals surface area (Å²) in [6.45, 7) is 1.77. The molecule has 0 unspecified atom stereocenters. The first kappa shape index (κ1) is 16.2. The molecule has 0 fully saturated rings. The van der Waals surface area contributed by atoms with Gasteiger partial charge in [0.25, 0.3) is 10.0 Å². The predicted molar refractivity (Wildman–Crippen MR) is 79.6 cm³/mol. The van der Waals surface area contributed by atoms with Gasteiger partial charge in [-0.05, 0) is 49.4 Å². The zero-order chi connectivity index (χ0) is 16.3. The number of ether oxygens (including phenoxy) is 1. The van der Waals surface area contributed by atoms with E-state index in [1.165, 1.54) is 43.5 Å². The van der Waals surface area contributed by atoms with Crippen molar-refractivity contribution in [2.75, 3.05) is 18.0 Å². The standard InChI is InChI=1S/C15H15F2NO3S/c1-3-18(12-6-4-11(16)5-7-12)22(19,20)13-8-9-15(21-2)14(17)10-13/h4-10H,3H2,1-2H3. The molecule has 2 aromatic carbocycles. The second-order valence-electron chi connectivity index (χ2n) is 4.44. The van der Waals surface area contributed by atoms with Crippen LogP contribution in [-0.2, 0) is 10.0 Å². The minimum Gasteiger partial charge on any atom is -0.494 e. The number of hydrogen-bond acceptors (Lipinski definition) is 3. The summed E-state index contributed by atoms with van der Waals surface area (Å²) in [4.78, 5) is -0.197. The highest BCUT2D eigenvalue weighted by Gasteiger charge is 2.24. The van der Waals surface area contributed by atoms with Crippen LogP contribution in [0.2, 0.25) is 0 Å². The van der Waals surface area contributed by atoms with Gasteiger partial charge in [-0.3, -0.25) is 4.31 Å². The molecule has 0 aliphatic carbocycles. The summed E-state index contributed by atoms with van der Waals surface area (Å²) in [6.07, 6.45) is 0. The van der Waals surface area contributed by atoms with Gasteiger partial charge in [0, 0.05) is 6.54 Å². The van der Waals surface area contributed by atoms with E-state index in [1.54, 1.807) is 6.92 Å². The Morgan fingerprint density at radius 1 is 1.09 bits per heavy atom. The van der Waals surface area contributed by atoms with Crippen molar-refractivity contribution >= 4 is 15.7 Å². The van der Waals surface area contributed by atoms with Crippen LogP contribution >= 0.6 is 0 Å². The van der Waals surface area contributed by atoms with Crippen molar-refractivity contribution in [1.29, 1.82) is 0 Å². The van der Waals surface area contributed by atoms with Crippen molar-refractivity contribution in [1.82, 2.24) is 0 Å². The van der Waals surface area contributed by atoms with E-state index < -0.39 is 21.7 Å². The summed E-state index contributed by atoms with van der Waals surface area (Å²) >= 11 is 0. The zero-order valence-corrected chi connectivity index (χ0v) is 12.9. The van der Waals surface area contributed by atoms with Crippen LogP contribution in [0.5, 0.6) is 5.75 Å². The Morgan fingerprint density at radius 2 is 1.73 bits per heavy atom. The first-order valence-electron chi connectivity index (χ1n) is 6.52. The van der Waals surface area contributed by atoms with Gasteiger partial charge in [0.2, 0.25) is 0 Å². The summed E-state index contributed by atoms with van der Waals surface area (Å²) in [5.74, 6) is -1.27. The van der Waals surface area contributed by atoms with Crippen LogP contribution in [-0.4, -0.2) is 22.1 Å². The number of hydrogen-bond donors (Lipinski definition) is 0. The second-order valence-corrected chi connectivity index (χ2v) is 6.30. The van der Waals surface area contributed by atoms with Crippen molar-refractivity contribution in [3.8, 4) is 5.75 Å². The van der Waals surface area contributed by atoms with Gasteiger partial charge < -0.3 is 4.74 Å². The molecule has 2 rings (SSSR count). The molecule has 7 heteroatoms. The van der Waals surface area contributed by atoms with Gasteiger partial charge in [0.15, 0.2) is 11.6 Å². The van der Waals surface area contributed by atoms with E-state index in [9.17, 15) is 17.2 Å². The molecule has 0 heterocycles. The SMILES string of the molecule is CCN(c1ccc(F)cc1)S(=O)(=O)c1ccc(OC)c(F)c1. The van der Waals surface area contributed by atoms with E-state index in [2.05, 4.69) is 0 Å². The highest BCUT2D eigenvalue weighted by Crippen LogP contribution is 2.26. The predicted octanol–water partition coefficient (Wildman–Crippen LogP) is 3.19. The molecule has 4 nitrogen and oxygen atoms in total. The monoisotopic (exact) mass is 327 g/mol. The highest BCUT2D eigenvalue weighted by atomic mass is 32.2. The summed E-state index contributed by atoms with van der Waals surface area (Å²) in [5, 5.41) is 0. The average molecular weight is 327 g/mol. The molecule has 0 N–H and O–H groups in total. The molecular weight excluding hydrogens is 312 g/mol. The van der Waals surface area contributed by atoms with E-state index >= 15 is 0 Å². The number of halogens is 2. The molecule has 0 spiro atoms. The molecule has 0 saturated heterocycles. The van der Waals surface area contributed by atoms with Crippen LogP contribution in [0, 0.1) is 11.6 Å². The van der Waals surface area contributed by atoms with Crippen molar-refractivity contribution in [2.45, 2.75) is 11.8 Å². The van der Waals surface area contributed by atoms with Gasteiger partial charge in [-0.2, -0.15) is 0 Å². The molecule has 0 atom stereocenters. The van der Waals surface area contributed by atoms with Gasteiger partial charge in [0.05, 0.1) is 17.7 Å². The van der Waals surface area contributed by atoms with E-state index in [-0.39, 0.29) is 17.2 Å². The van der Waals surface area contributed by atoms with E-state index in [0.29, 0.717) is 5.69 Å². The Labute approximate surface area is 128 Å². The van der Waals surface area contributed by atoms with Crippen LogP contribution in [0.15, 0.2) is 47.4 Å². The van der Waals surface area contributed by atoms with Crippen molar-refractivity contribution < 1.29 is 21.9 Å². The van der Waals surface area contributed by atoms with Crippen molar-refractivity contribution in [2.24, 2.45) is 0 Å². The number of anilines is 1. The molecule has 0 amide bonds. The lowest BCUT2D eigenvalue weighted by Gasteiger charge is -2.23. The number of nitrogens with zero attached hydrogens (tertiary/aromatic N) is 1. The van der Waals surface area contributed by atoms with Crippen LogP contribution in [0.4, 0.5) is 14.5 Å². The largest absolute Gasteiger partial charge is 0.494 e. The van der Waals surface area contributed by atoms with E-state index in [4.69, 9.17) is 4.74 Å². The minimum absolute atomic E-state index is 0.0382. The molecule has 2 aromatic rings. The van der Waals surface area contributed by atoms with Gasteiger partial charge in [0.1, 0.15) is 5.82 Å². The fraction of sp³-hybridized carbons (Fsp3) is 0.200. The fourth-order valence-corrected chi connectivity index (χ4v) is 3.52. The third-order valence-corrected chi connectivity index (χ3v) is 5.01. The van der Waals surface area contributed by atoms with Crippen LogP contribution in [0.25, 0.3) is 0 Å². The lowest BCUT2D eigenvalue weighted by molar-refractivity contribution is 0.385. The van der Waals surface area contributed by atoms with Gasteiger partial charge in [-0.15, -0.1) is 0 Å². The molecule has 0 aromatic heterocycles. The highest BCUT2D eigenvalue weighted by molar-refractivity contribution is 7.92. The van der Waals surface area contributed by atoms with Crippen molar-refractivity contribution in [3.05, 3.63) is 54.1 Å². The van der Waals surface area contributed by atoms with Gasteiger partial charge >= 0.3 is 0 Å². The van der Waals surface area contributed by atoms with E-state index in [1.807, 2.05) is 0 Å². The first-order chi connectivity index (χ1) is 10.4. The lowest BCUT2D eigenvalue weighted by Crippen LogP contribution is -2.30. The van der Waals surface area contributed by atoms with Gasteiger partial charge in [-0.1, -0.05) is 0 Å². The summed E-state index contributed by atoms with van der Waals surface area (Å²) in [7, 11) is -2.65. The molecule has 0 aliphatic rings. The smallest absolute Gasteiger partial charge is 0.264 e. The third kappa shape index (κ3) is 3.04. The van der Waals surface area contributed by atoms with E-state index in [0.717, 1.165) is 10.4 Å². The Balaban J connectivity index is 2.47. The minimum atomic E-state index is -3.95. The number of sulfonamides is 1. The fourth-order valence-electron chi connectivity index (χ4n) is 2.03. The average Bonchev–Trinajstić information content (AvgIpc) is 2.49. The lowest BCUT2D eigenvalue weighted by atomic mass is 10.3. The van der Waals surface area contributed by atoms with Crippen LogP contribution in [0.1, 0.15) is 6.92 Å². The molecular formula is C15H15F2NO3S. The molecule has 0 aliphatic heterocycles. The normalized spacial score (nSPS) is 11.3. The number of benzene rings is 2. The van der Waals surface area contributed by atoms with Crippen molar-refractivity contribution in [3.63, 3.8) is 0 Å².